The Bertz CT molecular complexity index is 889. The van der Waals surface area contributed by atoms with Crippen molar-refractivity contribution in [1.82, 2.24) is 10.6 Å². The maximum Gasteiger partial charge on any atom is 0.227 e. The summed E-state index contributed by atoms with van der Waals surface area (Å²) in [5.74, 6) is 1.82. The molecule has 8 heteroatoms. The smallest absolute Gasteiger partial charge is 0.227 e. The minimum atomic E-state index is 0. The molecule has 0 unspecified atom stereocenters. The van der Waals surface area contributed by atoms with Crippen LogP contribution < -0.4 is 20.3 Å². The first-order chi connectivity index (χ1) is 15.7. The summed E-state index contributed by atoms with van der Waals surface area (Å²) in [4.78, 5) is 18.5. The molecule has 1 amide bonds. The van der Waals surface area contributed by atoms with Crippen LogP contribution in [-0.4, -0.2) is 45.3 Å². The second-order valence-corrected chi connectivity index (χ2v) is 7.71. The molecule has 1 saturated heterocycles. The molecule has 1 fully saturated rings. The van der Waals surface area contributed by atoms with E-state index in [9.17, 15) is 4.79 Å². The monoisotopic (exact) mass is 566 g/mol. The van der Waals surface area contributed by atoms with Crippen molar-refractivity contribution in [3.05, 3.63) is 59.7 Å². The largest absolute Gasteiger partial charge is 0.493 e. The molecule has 0 aromatic heterocycles. The molecular formula is C25H35IN4O3. The van der Waals surface area contributed by atoms with Crippen LogP contribution in [0.4, 0.5) is 5.69 Å². The molecule has 0 saturated carbocycles. The Labute approximate surface area is 214 Å². The second-order valence-electron chi connectivity index (χ2n) is 7.71. The van der Waals surface area contributed by atoms with Gasteiger partial charge in [0.1, 0.15) is 5.75 Å². The molecule has 1 aliphatic heterocycles. The number of ether oxygens (including phenoxy) is 2. The van der Waals surface area contributed by atoms with Crippen molar-refractivity contribution in [3.8, 4) is 5.75 Å². The number of amides is 1. The lowest BCUT2D eigenvalue weighted by Gasteiger charge is -2.16. The van der Waals surface area contributed by atoms with Crippen LogP contribution >= 0.6 is 24.0 Å². The van der Waals surface area contributed by atoms with E-state index in [-0.39, 0.29) is 29.9 Å². The number of carbonyl (C=O) groups is 1. The van der Waals surface area contributed by atoms with Crippen LogP contribution in [0, 0.1) is 0 Å². The molecule has 0 radical (unpaired) electrons. The van der Waals surface area contributed by atoms with Gasteiger partial charge in [-0.2, -0.15) is 0 Å². The number of aliphatic imine (C=N–C) groups is 1. The highest BCUT2D eigenvalue weighted by atomic mass is 127. The fourth-order valence-electron chi connectivity index (χ4n) is 3.54. The van der Waals surface area contributed by atoms with Crippen LogP contribution in [0.15, 0.2) is 53.5 Å². The SMILES string of the molecule is CCNC(=NCc1cccc(OCCCOC)c1)NCc1ccc(N2CCCC2=O)cc1.I. The summed E-state index contributed by atoms with van der Waals surface area (Å²) in [6, 6.07) is 16.2. The van der Waals surface area contributed by atoms with Gasteiger partial charge in [-0.25, -0.2) is 4.99 Å². The Morgan fingerprint density at radius 2 is 1.91 bits per heavy atom. The van der Waals surface area contributed by atoms with Gasteiger partial charge in [-0.15, -0.1) is 24.0 Å². The minimum absolute atomic E-state index is 0. The van der Waals surface area contributed by atoms with Gasteiger partial charge in [0, 0.05) is 51.9 Å². The Kier molecular flexibility index (Phi) is 12.0. The zero-order valence-corrected chi connectivity index (χ0v) is 21.8. The minimum Gasteiger partial charge on any atom is -0.493 e. The lowest BCUT2D eigenvalue weighted by molar-refractivity contribution is -0.117. The van der Waals surface area contributed by atoms with Crippen LogP contribution in [0.3, 0.4) is 0 Å². The molecule has 0 aliphatic carbocycles. The number of nitrogens with zero attached hydrogens (tertiary/aromatic N) is 2. The molecule has 0 bridgehead atoms. The zero-order valence-electron chi connectivity index (χ0n) is 19.5. The molecule has 2 aromatic carbocycles. The van der Waals surface area contributed by atoms with Gasteiger partial charge in [0.2, 0.25) is 5.91 Å². The maximum atomic E-state index is 11.9. The molecule has 0 atom stereocenters. The van der Waals surface area contributed by atoms with E-state index in [4.69, 9.17) is 14.5 Å². The van der Waals surface area contributed by atoms with Gasteiger partial charge < -0.3 is 25.0 Å². The van der Waals surface area contributed by atoms with E-state index in [0.29, 0.717) is 32.7 Å². The average molecular weight is 566 g/mol. The molecule has 180 valence electrons. The summed E-state index contributed by atoms with van der Waals surface area (Å²) in [6.45, 7) is 6.19. The number of methoxy groups -OCH3 is 1. The van der Waals surface area contributed by atoms with Crippen LogP contribution in [0.25, 0.3) is 0 Å². The molecule has 2 N–H and O–H groups in total. The maximum absolute atomic E-state index is 11.9. The van der Waals surface area contributed by atoms with Gasteiger partial charge in [-0.05, 0) is 48.7 Å². The average Bonchev–Trinajstić information content (AvgIpc) is 3.25. The molecule has 1 heterocycles. The lowest BCUT2D eigenvalue weighted by atomic mass is 10.2. The predicted molar refractivity (Wildman–Crippen MR) is 144 cm³/mol. The number of benzene rings is 2. The van der Waals surface area contributed by atoms with Crippen LogP contribution in [0.2, 0.25) is 0 Å². The predicted octanol–water partition coefficient (Wildman–Crippen LogP) is 4.10. The molecular weight excluding hydrogens is 531 g/mol. The number of rotatable bonds is 11. The van der Waals surface area contributed by atoms with Gasteiger partial charge in [-0.1, -0.05) is 24.3 Å². The summed E-state index contributed by atoms with van der Waals surface area (Å²) in [6.07, 6.45) is 2.45. The van der Waals surface area contributed by atoms with Gasteiger partial charge in [-0.3, -0.25) is 4.79 Å². The molecule has 1 aliphatic rings. The van der Waals surface area contributed by atoms with E-state index in [1.807, 2.05) is 48.2 Å². The van der Waals surface area contributed by atoms with Crippen molar-refractivity contribution < 1.29 is 14.3 Å². The van der Waals surface area contributed by atoms with Crippen molar-refractivity contribution >= 4 is 41.5 Å². The number of hydrogen-bond donors (Lipinski definition) is 2. The fourth-order valence-corrected chi connectivity index (χ4v) is 3.54. The van der Waals surface area contributed by atoms with Gasteiger partial charge in [0.15, 0.2) is 5.96 Å². The topological polar surface area (TPSA) is 75.2 Å². The molecule has 3 rings (SSSR count). The van der Waals surface area contributed by atoms with E-state index < -0.39 is 0 Å². The number of nitrogens with one attached hydrogen (secondary N) is 2. The zero-order chi connectivity index (χ0) is 22.6. The van der Waals surface area contributed by atoms with Crippen molar-refractivity contribution in [2.75, 3.05) is 38.3 Å². The molecule has 2 aromatic rings. The highest BCUT2D eigenvalue weighted by Gasteiger charge is 2.21. The van der Waals surface area contributed by atoms with Gasteiger partial charge in [0.25, 0.3) is 0 Å². The summed E-state index contributed by atoms with van der Waals surface area (Å²) >= 11 is 0. The third-order valence-corrected chi connectivity index (χ3v) is 5.21. The number of anilines is 1. The van der Waals surface area contributed by atoms with Gasteiger partial charge >= 0.3 is 0 Å². The van der Waals surface area contributed by atoms with E-state index in [0.717, 1.165) is 54.5 Å². The molecule has 33 heavy (non-hydrogen) atoms. The first-order valence-corrected chi connectivity index (χ1v) is 11.3. The van der Waals surface area contributed by atoms with E-state index in [1.54, 1.807) is 7.11 Å². The van der Waals surface area contributed by atoms with Crippen LogP contribution in [0.5, 0.6) is 5.75 Å². The Morgan fingerprint density at radius 3 is 2.61 bits per heavy atom. The Balaban J connectivity index is 0.00000385. The number of hydrogen-bond acceptors (Lipinski definition) is 4. The Morgan fingerprint density at radius 1 is 1.09 bits per heavy atom. The van der Waals surface area contributed by atoms with E-state index in [1.165, 1.54) is 0 Å². The van der Waals surface area contributed by atoms with Crippen molar-refractivity contribution in [1.29, 1.82) is 0 Å². The molecule has 0 spiro atoms. The number of guanidine groups is 1. The molecule has 7 nitrogen and oxygen atoms in total. The standard InChI is InChI=1S/C25H34N4O3.HI/c1-3-26-25(28-19-21-7-4-8-23(17-21)32-16-6-15-31-2)27-18-20-10-12-22(13-11-20)29-14-5-9-24(29)30;/h4,7-8,10-13,17H,3,5-6,9,14-16,18-19H2,1-2H3,(H2,26,27,28);1H. The summed E-state index contributed by atoms with van der Waals surface area (Å²) in [5.41, 5.74) is 3.20. The second kappa shape index (κ2) is 14.7. The lowest BCUT2D eigenvalue weighted by Crippen LogP contribution is -2.36. The van der Waals surface area contributed by atoms with Crippen molar-refractivity contribution in [3.63, 3.8) is 0 Å². The summed E-state index contributed by atoms with van der Waals surface area (Å²) in [7, 11) is 1.69. The van der Waals surface area contributed by atoms with Gasteiger partial charge in [0.05, 0.1) is 13.2 Å². The van der Waals surface area contributed by atoms with Crippen LogP contribution in [0.1, 0.15) is 37.3 Å². The Hall–Kier alpha value is -2.33. The third-order valence-electron chi connectivity index (χ3n) is 5.21. The highest BCUT2D eigenvalue weighted by molar-refractivity contribution is 14.0. The van der Waals surface area contributed by atoms with Crippen LogP contribution in [-0.2, 0) is 22.6 Å². The third kappa shape index (κ3) is 8.85. The summed E-state index contributed by atoms with van der Waals surface area (Å²) < 4.78 is 10.8. The first kappa shape index (κ1) is 26.9. The quantitative estimate of drug-likeness (QED) is 0.186. The number of halogens is 1. The number of carbonyl (C=O) groups excluding carboxylic acids is 1. The van der Waals surface area contributed by atoms with Crippen molar-refractivity contribution in [2.45, 2.75) is 39.3 Å². The fraction of sp³-hybridized carbons (Fsp3) is 0.440. The highest BCUT2D eigenvalue weighted by Crippen LogP contribution is 2.21. The van der Waals surface area contributed by atoms with E-state index in [2.05, 4.69) is 22.8 Å². The van der Waals surface area contributed by atoms with Crippen molar-refractivity contribution in [2.24, 2.45) is 4.99 Å². The normalized spacial score (nSPS) is 13.6. The first-order valence-electron chi connectivity index (χ1n) is 11.3. The summed E-state index contributed by atoms with van der Waals surface area (Å²) in [5, 5.41) is 6.67. The van der Waals surface area contributed by atoms with E-state index >= 15 is 0 Å².